The maximum atomic E-state index is 2.56. The molecule has 70 valence electrons. The first-order valence-electron chi connectivity index (χ1n) is 5.17. The van der Waals surface area contributed by atoms with Crippen LogP contribution < -0.4 is 0 Å². The summed E-state index contributed by atoms with van der Waals surface area (Å²) in [6.45, 7) is 11.8. The second-order valence-electron chi connectivity index (χ2n) is 4.56. The minimum absolute atomic E-state index is 0.452. The minimum Gasteiger partial charge on any atom is -0.237 e. The normalized spacial score (nSPS) is 23.0. The van der Waals surface area contributed by atoms with Crippen LogP contribution in [0.15, 0.2) is 0 Å². The van der Waals surface area contributed by atoms with E-state index < -0.39 is 0 Å². The number of hydrogen-bond donors (Lipinski definition) is 0. The van der Waals surface area contributed by atoms with E-state index in [9.17, 15) is 0 Å². The van der Waals surface area contributed by atoms with Crippen LogP contribution in [0.3, 0.4) is 0 Å². The minimum atomic E-state index is 0.452. The highest BCUT2D eigenvalue weighted by atomic mass is 15.0. The van der Waals surface area contributed by atoms with Gasteiger partial charge in [0.2, 0.25) is 0 Å². The van der Waals surface area contributed by atoms with Gasteiger partial charge in [0.1, 0.15) is 13.1 Å². The Morgan fingerprint density at radius 3 is 2.67 bits per heavy atom. The average molecular weight is 168 g/mol. The predicted octanol–water partition coefficient (Wildman–Crippen LogP) is 2.69. The van der Waals surface area contributed by atoms with Gasteiger partial charge in [0.25, 0.3) is 0 Å². The van der Waals surface area contributed by atoms with E-state index >= 15 is 0 Å². The summed E-state index contributed by atoms with van der Waals surface area (Å²) in [7, 11) is 0. The zero-order chi connectivity index (χ0) is 9.19. The Hall–Kier alpha value is -0.330. The third-order valence-electron chi connectivity index (χ3n) is 3.18. The van der Waals surface area contributed by atoms with E-state index in [-0.39, 0.29) is 0 Å². The Labute approximate surface area is 76.5 Å². The van der Waals surface area contributed by atoms with Gasteiger partial charge in [-0.25, -0.2) is 4.58 Å². The molecule has 0 saturated carbocycles. The summed E-state index contributed by atoms with van der Waals surface area (Å²) in [5.74, 6) is 0. The molecule has 1 aliphatic rings. The lowest BCUT2D eigenvalue weighted by Crippen LogP contribution is -2.37. The largest absolute Gasteiger partial charge is 0.237 e. The lowest BCUT2D eigenvalue weighted by molar-refractivity contribution is -0.537. The topological polar surface area (TPSA) is 3.01 Å². The molecule has 0 N–H and O–H groups in total. The molecule has 1 aliphatic heterocycles. The molecule has 0 radical (unpaired) electrons. The van der Waals surface area contributed by atoms with Crippen LogP contribution in [0.5, 0.6) is 0 Å². The van der Waals surface area contributed by atoms with E-state index in [1.54, 1.807) is 5.71 Å². The fourth-order valence-corrected chi connectivity index (χ4v) is 2.04. The van der Waals surface area contributed by atoms with Gasteiger partial charge in [-0.3, -0.25) is 0 Å². The van der Waals surface area contributed by atoms with Crippen molar-refractivity contribution in [1.29, 1.82) is 0 Å². The smallest absolute Gasteiger partial charge is 0.154 e. The van der Waals surface area contributed by atoms with Crippen molar-refractivity contribution in [3.05, 3.63) is 0 Å². The number of nitrogens with zero attached hydrogens (tertiary/aromatic N) is 1. The highest BCUT2D eigenvalue weighted by molar-refractivity contribution is 5.83. The van der Waals surface area contributed by atoms with E-state index in [0.717, 1.165) is 0 Å². The van der Waals surface area contributed by atoms with Gasteiger partial charge in [-0.05, 0) is 6.42 Å². The van der Waals surface area contributed by atoms with Gasteiger partial charge in [-0.15, -0.1) is 0 Å². The van der Waals surface area contributed by atoms with Crippen LogP contribution >= 0.6 is 0 Å². The molecule has 0 aliphatic carbocycles. The summed E-state index contributed by atoms with van der Waals surface area (Å²) in [6, 6.07) is 0. The molecule has 0 atom stereocenters. The van der Waals surface area contributed by atoms with E-state index in [1.807, 2.05) is 0 Å². The molecule has 0 saturated heterocycles. The molecule has 0 amide bonds. The maximum Gasteiger partial charge on any atom is 0.154 e. The first kappa shape index (κ1) is 9.76. The average Bonchev–Trinajstić information content (AvgIpc) is 1.99. The number of rotatable bonds is 2. The van der Waals surface area contributed by atoms with Crippen molar-refractivity contribution in [1.82, 2.24) is 0 Å². The van der Waals surface area contributed by atoms with Crippen LogP contribution in [-0.2, 0) is 0 Å². The Morgan fingerprint density at radius 2 is 2.08 bits per heavy atom. The van der Waals surface area contributed by atoms with Gasteiger partial charge in [0.05, 0.1) is 0 Å². The fraction of sp³-hybridized carbons (Fsp3) is 0.909. The Kier molecular flexibility index (Phi) is 2.92. The van der Waals surface area contributed by atoms with Crippen molar-refractivity contribution in [2.75, 3.05) is 13.1 Å². The summed E-state index contributed by atoms with van der Waals surface area (Å²) >= 11 is 0. The second kappa shape index (κ2) is 3.59. The molecular formula is C11H22N+. The van der Waals surface area contributed by atoms with Gasteiger partial charge < -0.3 is 0 Å². The standard InChI is InChI=1S/C11H22N/c1-5-8-12-9-6-7-11(3,4)10(12)2/h5-9H2,1-4H3/q+1. The maximum absolute atomic E-state index is 2.56. The Bertz CT molecular complexity index is 189. The summed E-state index contributed by atoms with van der Waals surface area (Å²) in [4.78, 5) is 0. The molecule has 0 aromatic rings. The molecule has 0 unspecified atom stereocenters. The first-order valence-corrected chi connectivity index (χ1v) is 5.17. The molecule has 0 aromatic carbocycles. The zero-order valence-corrected chi connectivity index (χ0v) is 8.98. The molecule has 12 heavy (non-hydrogen) atoms. The molecule has 1 heteroatoms. The molecule has 1 heterocycles. The first-order chi connectivity index (χ1) is 5.58. The molecular weight excluding hydrogens is 146 g/mol. The Morgan fingerprint density at radius 1 is 1.42 bits per heavy atom. The van der Waals surface area contributed by atoms with Crippen molar-refractivity contribution in [3.8, 4) is 0 Å². The van der Waals surface area contributed by atoms with Gasteiger partial charge in [-0.2, -0.15) is 0 Å². The van der Waals surface area contributed by atoms with Crippen LogP contribution in [0, 0.1) is 5.41 Å². The van der Waals surface area contributed by atoms with Crippen LogP contribution in [0.1, 0.15) is 47.0 Å². The monoisotopic (exact) mass is 168 g/mol. The van der Waals surface area contributed by atoms with Crippen molar-refractivity contribution in [2.45, 2.75) is 47.0 Å². The van der Waals surface area contributed by atoms with E-state index in [2.05, 4.69) is 32.3 Å². The number of hydrogen-bond acceptors (Lipinski definition) is 0. The molecule has 0 fully saturated rings. The highest BCUT2D eigenvalue weighted by Crippen LogP contribution is 2.27. The summed E-state index contributed by atoms with van der Waals surface area (Å²) in [5.41, 5.74) is 2.04. The van der Waals surface area contributed by atoms with Gasteiger partial charge in [0.15, 0.2) is 5.71 Å². The SMILES string of the molecule is CCC[N+]1=C(C)C(C)(C)CCC1. The summed E-state index contributed by atoms with van der Waals surface area (Å²) in [5, 5.41) is 0. The molecule has 1 nitrogen and oxygen atoms in total. The third kappa shape index (κ3) is 1.88. The van der Waals surface area contributed by atoms with E-state index in [4.69, 9.17) is 0 Å². The van der Waals surface area contributed by atoms with Crippen LogP contribution in [0.4, 0.5) is 0 Å². The van der Waals surface area contributed by atoms with Crippen molar-refractivity contribution >= 4 is 5.71 Å². The molecule has 1 rings (SSSR count). The lowest BCUT2D eigenvalue weighted by atomic mass is 9.81. The van der Waals surface area contributed by atoms with E-state index in [0.29, 0.717) is 5.41 Å². The van der Waals surface area contributed by atoms with Crippen molar-refractivity contribution in [2.24, 2.45) is 5.41 Å². The van der Waals surface area contributed by atoms with Crippen LogP contribution in [-0.4, -0.2) is 23.4 Å². The summed E-state index contributed by atoms with van der Waals surface area (Å²) in [6.07, 6.45) is 4.00. The molecule has 0 bridgehead atoms. The van der Waals surface area contributed by atoms with Gasteiger partial charge in [0, 0.05) is 25.2 Å². The van der Waals surface area contributed by atoms with Gasteiger partial charge in [-0.1, -0.05) is 20.8 Å². The second-order valence-corrected chi connectivity index (χ2v) is 4.56. The molecule has 0 aromatic heterocycles. The Balaban J connectivity index is 2.80. The van der Waals surface area contributed by atoms with Crippen LogP contribution in [0.2, 0.25) is 0 Å². The van der Waals surface area contributed by atoms with Crippen molar-refractivity contribution < 1.29 is 4.58 Å². The predicted molar refractivity (Wildman–Crippen MR) is 54.0 cm³/mol. The lowest BCUT2D eigenvalue weighted by Gasteiger charge is -2.27. The zero-order valence-electron chi connectivity index (χ0n) is 8.98. The summed E-state index contributed by atoms with van der Waals surface area (Å²) < 4.78 is 2.56. The van der Waals surface area contributed by atoms with E-state index in [1.165, 1.54) is 32.4 Å². The fourth-order valence-electron chi connectivity index (χ4n) is 2.04. The van der Waals surface area contributed by atoms with Crippen molar-refractivity contribution in [3.63, 3.8) is 0 Å². The van der Waals surface area contributed by atoms with Crippen LogP contribution in [0.25, 0.3) is 0 Å². The quantitative estimate of drug-likeness (QED) is 0.558. The highest BCUT2D eigenvalue weighted by Gasteiger charge is 2.32. The molecule has 0 spiro atoms. The third-order valence-corrected chi connectivity index (χ3v) is 3.18. The van der Waals surface area contributed by atoms with Gasteiger partial charge >= 0.3 is 0 Å².